The van der Waals surface area contributed by atoms with E-state index in [9.17, 15) is 22.8 Å². The molecular weight excluding hydrogens is 460 g/mol. The first-order valence-electron chi connectivity index (χ1n) is 9.60. The minimum Gasteiger partial charge on any atom is -0.456 e. The average molecular weight is 483 g/mol. The zero-order valence-electron chi connectivity index (χ0n) is 17.3. The molecule has 2 aliphatic rings. The predicted octanol–water partition coefficient (Wildman–Crippen LogP) is 1.72. The fourth-order valence-electron chi connectivity index (χ4n) is 3.62. The topological polar surface area (TPSA) is 139 Å². The molecule has 0 spiro atoms. The number of thioether (sulfide) groups is 1. The van der Waals surface area contributed by atoms with Gasteiger partial charge in [-0.25, -0.2) is 8.98 Å². The van der Waals surface area contributed by atoms with E-state index in [2.05, 4.69) is 9.50 Å². The van der Waals surface area contributed by atoms with Crippen molar-refractivity contribution in [1.82, 2.24) is 10.2 Å². The van der Waals surface area contributed by atoms with Gasteiger partial charge in [0.25, 0.3) is 0 Å². The number of amides is 2. The first kappa shape index (κ1) is 24.0. The zero-order chi connectivity index (χ0) is 23.5. The van der Waals surface area contributed by atoms with Gasteiger partial charge in [0.2, 0.25) is 11.8 Å². The van der Waals surface area contributed by atoms with E-state index in [4.69, 9.17) is 9.29 Å². The summed E-state index contributed by atoms with van der Waals surface area (Å²) < 4.78 is 41.0. The highest BCUT2D eigenvalue weighted by atomic mass is 32.3. The van der Waals surface area contributed by atoms with E-state index in [0.717, 1.165) is 17.3 Å². The van der Waals surface area contributed by atoms with Gasteiger partial charge in [0.15, 0.2) is 0 Å². The molecule has 0 radical (unpaired) electrons. The lowest BCUT2D eigenvalue weighted by molar-refractivity contribution is -0.161. The Morgan fingerprint density at radius 1 is 1.34 bits per heavy atom. The molecule has 1 saturated heterocycles. The summed E-state index contributed by atoms with van der Waals surface area (Å²) in [5, 5.41) is 4.05. The number of carbonyl (C=O) groups excluding carboxylic acids is 3. The second kappa shape index (κ2) is 9.86. The molecule has 0 unspecified atom stereocenters. The van der Waals surface area contributed by atoms with E-state index in [-0.39, 0.29) is 24.6 Å². The lowest BCUT2D eigenvalue weighted by atomic mass is 9.83. The molecule has 1 fully saturated rings. The van der Waals surface area contributed by atoms with Gasteiger partial charge in [-0.15, -0.1) is 0 Å². The van der Waals surface area contributed by atoms with Gasteiger partial charge < -0.3 is 15.0 Å². The van der Waals surface area contributed by atoms with Crippen LogP contribution in [0.15, 0.2) is 52.5 Å². The van der Waals surface area contributed by atoms with Crippen molar-refractivity contribution in [2.24, 2.45) is 5.92 Å². The van der Waals surface area contributed by atoms with E-state index < -0.39 is 40.3 Å². The van der Waals surface area contributed by atoms with Crippen molar-refractivity contribution in [3.63, 3.8) is 0 Å². The maximum absolute atomic E-state index is 12.9. The van der Waals surface area contributed by atoms with E-state index in [1.807, 2.05) is 18.2 Å². The van der Waals surface area contributed by atoms with Gasteiger partial charge in [0, 0.05) is 24.4 Å². The Balaban J connectivity index is 1.78. The molecule has 1 aromatic rings. The first-order chi connectivity index (χ1) is 15.1. The van der Waals surface area contributed by atoms with E-state index in [0.29, 0.717) is 4.91 Å². The molecule has 0 aliphatic carbocycles. The lowest BCUT2D eigenvalue weighted by Gasteiger charge is -2.45. The largest absolute Gasteiger partial charge is 0.456 e. The number of β-lactam (4-membered cyclic amide) rings is 1. The Morgan fingerprint density at radius 3 is 2.66 bits per heavy atom. The van der Waals surface area contributed by atoms with Crippen molar-refractivity contribution in [2.45, 2.75) is 39.0 Å². The number of nitrogens with one attached hydrogen (secondary N) is 1. The molecule has 32 heavy (non-hydrogen) atoms. The van der Waals surface area contributed by atoms with Crippen LogP contribution in [0.4, 0.5) is 0 Å². The average Bonchev–Trinajstić information content (AvgIpc) is 3.03. The van der Waals surface area contributed by atoms with Gasteiger partial charge in [-0.1, -0.05) is 42.1 Å². The van der Waals surface area contributed by atoms with E-state index in [1.165, 1.54) is 24.9 Å². The van der Waals surface area contributed by atoms with Crippen molar-refractivity contribution in [2.75, 3.05) is 0 Å². The lowest BCUT2D eigenvalue weighted by Crippen LogP contribution is -2.62. The van der Waals surface area contributed by atoms with Gasteiger partial charge in [-0.05, 0) is 17.9 Å². The molecule has 0 saturated carbocycles. The number of nitrogens with zero attached hydrogens (tertiary/aromatic N) is 1. The van der Waals surface area contributed by atoms with Gasteiger partial charge in [0.05, 0.1) is 18.1 Å². The van der Waals surface area contributed by atoms with Crippen LogP contribution in [0, 0.1) is 5.92 Å². The number of rotatable bonds is 9. The SMILES string of the molecule is CC(=O)NC=CSC1=C(C(=O)OCc2ccccc2)N2C(=O)[C@@H]([C@H](C)OS(=O)(=O)O)[C@H]2C1. The summed E-state index contributed by atoms with van der Waals surface area (Å²) in [6, 6.07) is 8.52. The first-order valence-corrected chi connectivity index (χ1v) is 11.8. The van der Waals surface area contributed by atoms with Crippen LogP contribution in [0.2, 0.25) is 0 Å². The second-order valence-electron chi connectivity index (χ2n) is 7.19. The molecular formula is C20H22N2O8S2. The molecule has 172 valence electrons. The fourth-order valence-corrected chi connectivity index (χ4v) is 4.99. The van der Waals surface area contributed by atoms with E-state index >= 15 is 0 Å². The van der Waals surface area contributed by atoms with Crippen LogP contribution in [0.25, 0.3) is 0 Å². The number of esters is 1. The smallest absolute Gasteiger partial charge is 0.397 e. The highest BCUT2D eigenvalue weighted by molar-refractivity contribution is 8.05. The van der Waals surface area contributed by atoms with Crippen molar-refractivity contribution in [1.29, 1.82) is 0 Å². The molecule has 2 aliphatic heterocycles. The van der Waals surface area contributed by atoms with Crippen LogP contribution in [-0.2, 0) is 40.3 Å². The summed E-state index contributed by atoms with van der Waals surface area (Å²) in [7, 11) is -4.74. The Bertz CT molecular complexity index is 1070. The van der Waals surface area contributed by atoms with Gasteiger partial charge in [-0.2, -0.15) is 8.42 Å². The van der Waals surface area contributed by atoms with Gasteiger partial charge in [0.1, 0.15) is 12.3 Å². The summed E-state index contributed by atoms with van der Waals surface area (Å²) in [6.07, 6.45) is 0.561. The number of hydrogen-bond donors (Lipinski definition) is 2. The summed E-state index contributed by atoms with van der Waals surface area (Å²) >= 11 is 1.14. The third-order valence-corrected chi connectivity index (χ3v) is 6.38. The standard InChI is InChI=1S/C20H22N2O8S2/c1-12(30-32(26,27)28)17-15-10-16(31-9-8-21-13(2)23)18(22(15)19(17)24)20(25)29-11-14-6-4-3-5-7-14/h3-9,12,15,17H,10-11H2,1-2H3,(H,21,23)(H,26,27,28)/t12-,15+,17-/m0/s1. The number of ether oxygens (including phenoxy) is 1. The molecule has 2 amide bonds. The summed E-state index contributed by atoms with van der Waals surface area (Å²) in [5.41, 5.74) is 0.849. The van der Waals surface area contributed by atoms with Crippen molar-refractivity contribution in [3.8, 4) is 0 Å². The Hall–Kier alpha value is -2.67. The monoisotopic (exact) mass is 482 g/mol. The van der Waals surface area contributed by atoms with Crippen LogP contribution in [-0.4, -0.2) is 47.8 Å². The maximum atomic E-state index is 12.9. The Morgan fingerprint density at radius 2 is 2.03 bits per heavy atom. The minimum atomic E-state index is -4.74. The molecule has 3 atom stereocenters. The third-order valence-electron chi connectivity index (χ3n) is 4.92. The number of carbonyl (C=O) groups is 3. The maximum Gasteiger partial charge on any atom is 0.397 e. The molecule has 0 bridgehead atoms. The summed E-state index contributed by atoms with van der Waals surface area (Å²) in [6.45, 7) is 2.73. The molecule has 1 aromatic carbocycles. The zero-order valence-corrected chi connectivity index (χ0v) is 18.9. The van der Waals surface area contributed by atoms with Crippen molar-refractivity contribution in [3.05, 3.63) is 58.1 Å². The van der Waals surface area contributed by atoms with E-state index in [1.54, 1.807) is 17.5 Å². The molecule has 10 nitrogen and oxygen atoms in total. The van der Waals surface area contributed by atoms with Crippen LogP contribution in [0.5, 0.6) is 0 Å². The molecule has 2 heterocycles. The number of fused-ring (bicyclic) bond motifs is 1. The van der Waals surface area contributed by atoms with Crippen LogP contribution < -0.4 is 5.32 Å². The van der Waals surface area contributed by atoms with Crippen molar-refractivity contribution >= 4 is 39.9 Å². The Labute approximate surface area is 189 Å². The molecule has 2 N–H and O–H groups in total. The highest BCUT2D eigenvalue weighted by Gasteiger charge is 2.58. The van der Waals surface area contributed by atoms with Gasteiger partial charge >= 0.3 is 16.4 Å². The number of hydrogen-bond acceptors (Lipinski definition) is 8. The highest BCUT2D eigenvalue weighted by Crippen LogP contribution is 2.48. The minimum absolute atomic E-state index is 0.0151. The van der Waals surface area contributed by atoms with Crippen LogP contribution in [0.3, 0.4) is 0 Å². The quantitative estimate of drug-likeness (QED) is 0.306. The summed E-state index contributed by atoms with van der Waals surface area (Å²) in [5.74, 6) is -2.31. The Kier molecular flexibility index (Phi) is 7.39. The fraction of sp³-hybridized carbons (Fsp3) is 0.350. The second-order valence-corrected chi connectivity index (χ2v) is 9.24. The van der Waals surface area contributed by atoms with Gasteiger partial charge in [-0.3, -0.25) is 14.1 Å². The molecule has 3 rings (SSSR count). The third kappa shape index (κ3) is 5.57. The molecule has 12 heteroatoms. The molecule has 0 aromatic heterocycles. The van der Waals surface area contributed by atoms with Crippen molar-refractivity contribution < 1.29 is 36.3 Å². The predicted molar refractivity (Wildman–Crippen MR) is 115 cm³/mol. The summed E-state index contributed by atoms with van der Waals surface area (Å²) in [4.78, 5) is 38.5. The number of benzene rings is 1. The van der Waals surface area contributed by atoms with Crippen LogP contribution in [0.1, 0.15) is 25.8 Å². The normalized spacial score (nSPS) is 21.3. The van der Waals surface area contributed by atoms with Crippen LogP contribution >= 0.6 is 11.8 Å².